The summed E-state index contributed by atoms with van der Waals surface area (Å²) in [6.45, 7) is 3.10. The van der Waals surface area contributed by atoms with Crippen molar-refractivity contribution >= 4 is 28.5 Å². The lowest BCUT2D eigenvalue weighted by Gasteiger charge is -2.11. The maximum atomic E-state index is 12.5. The van der Waals surface area contributed by atoms with Crippen LogP contribution in [0.3, 0.4) is 0 Å². The van der Waals surface area contributed by atoms with Gasteiger partial charge in [-0.2, -0.15) is 5.10 Å². The van der Waals surface area contributed by atoms with Gasteiger partial charge in [0.2, 0.25) is 0 Å². The summed E-state index contributed by atoms with van der Waals surface area (Å²) in [6.07, 6.45) is 3.59. The second-order valence-electron chi connectivity index (χ2n) is 6.36. The molecule has 2 aromatic heterocycles. The van der Waals surface area contributed by atoms with Gasteiger partial charge in [-0.3, -0.25) is 4.79 Å². The zero-order chi connectivity index (χ0) is 18.1. The third-order valence-corrected chi connectivity index (χ3v) is 4.96. The van der Waals surface area contributed by atoms with Crippen molar-refractivity contribution in [3.8, 4) is 5.69 Å². The Morgan fingerprint density at radius 2 is 2.19 bits per heavy atom. The smallest absolute Gasteiger partial charge is 0.254 e. The largest absolute Gasteiger partial charge is 0.376 e. The number of nitrogens with one attached hydrogen (secondary N) is 1. The number of fused-ring (bicyclic) bond motifs is 1. The van der Waals surface area contributed by atoms with Crippen molar-refractivity contribution in [2.75, 3.05) is 13.2 Å². The maximum absolute atomic E-state index is 12.5. The van der Waals surface area contributed by atoms with E-state index in [1.165, 1.54) is 6.20 Å². The Morgan fingerprint density at radius 1 is 1.38 bits per heavy atom. The number of halogens is 1. The van der Waals surface area contributed by atoms with Crippen LogP contribution in [0.2, 0.25) is 5.02 Å². The van der Waals surface area contributed by atoms with E-state index in [9.17, 15) is 4.79 Å². The number of para-hydroxylation sites is 1. The van der Waals surface area contributed by atoms with Crippen LogP contribution in [0.5, 0.6) is 0 Å². The number of aryl methyl sites for hydroxylation is 1. The Balaban J connectivity index is 1.66. The molecule has 1 fully saturated rings. The average molecular weight is 371 g/mol. The zero-order valence-electron chi connectivity index (χ0n) is 14.4. The van der Waals surface area contributed by atoms with E-state index in [-0.39, 0.29) is 12.0 Å². The van der Waals surface area contributed by atoms with E-state index in [2.05, 4.69) is 15.4 Å². The highest BCUT2D eigenvalue weighted by Crippen LogP contribution is 2.29. The molecule has 1 amide bonds. The molecule has 3 heterocycles. The molecule has 1 aromatic carbocycles. The van der Waals surface area contributed by atoms with Crippen molar-refractivity contribution in [1.29, 1.82) is 0 Å². The number of hydrogen-bond donors (Lipinski definition) is 1. The molecular formula is C19H19ClN4O2. The average Bonchev–Trinajstić information content (AvgIpc) is 3.29. The maximum Gasteiger partial charge on any atom is 0.254 e. The normalized spacial score (nSPS) is 16.9. The van der Waals surface area contributed by atoms with E-state index in [4.69, 9.17) is 16.3 Å². The summed E-state index contributed by atoms with van der Waals surface area (Å²) < 4.78 is 7.28. The van der Waals surface area contributed by atoms with Crippen LogP contribution in [0, 0.1) is 6.92 Å². The van der Waals surface area contributed by atoms with Crippen molar-refractivity contribution < 1.29 is 9.53 Å². The van der Waals surface area contributed by atoms with Crippen LogP contribution in [-0.4, -0.2) is 39.9 Å². The fourth-order valence-corrected chi connectivity index (χ4v) is 3.58. The number of carbonyl (C=O) groups excluding carboxylic acids is 1. The van der Waals surface area contributed by atoms with Crippen molar-refractivity contribution in [2.45, 2.75) is 25.9 Å². The molecule has 1 N–H and O–H groups in total. The Bertz CT molecular complexity index is 949. The third kappa shape index (κ3) is 3.06. The minimum Gasteiger partial charge on any atom is -0.376 e. The van der Waals surface area contributed by atoms with Gasteiger partial charge in [0, 0.05) is 19.3 Å². The van der Waals surface area contributed by atoms with Crippen LogP contribution in [0.15, 0.2) is 36.5 Å². The van der Waals surface area contributed by atoms with Crippen LogP contribution in [0.1, 0.15) is 28.9 Å². The number of benzene rings is 1. The summed E-state index contributed by atoms with van der Waals surface area (Å²) >= 11 is 6.55. The topological polar surface area (TPSA) is 69.0 Å². The van der Waals surface area contributed by atoms with Gasteiger partial charge in [-0.25, -0.2) is 9.67 Å². The highest BCUT2D eigenvalue weighted by molar-refractivity contribution is 6.38. The fraction of sp³-hybridized carbons (Fsp3) is 0.316. The molecule has 0 bridgehead atoms. The van der Waals surface area contributed by atoms with E-state index < -0.39 is 0 Å². The summed E-state index contributed by atoms with van der Waals surface area (Å²) in [5.41, 5.74) is 2.61. The van der Waals surface area contributed by atoms with Gasteiger partial charge in [0.1, 0.15) is 0 Å². The van der Waals surface area contributed by atoms with Gasteiger partial charge in [0.05, 0.1) is 33.5 Å². The molecule has 0 radical (unpaired) electrons. The summed E-state index contributed by atoms with van der Waals surface area (Å²) in [6, 6.07) is 9.71. The van der Waals surface area contributed by atoms with Crippen LogP contribution in [-0.2, 0) is 4.74 Å². The van der Waals surface area contributed by atoms with Gasteiger partial charge in [0.25, 0.3) is 5.91 Å². The molecule has 4 rings (SSSR count). The van der Waals surface area contributed by atoms with Crippen molar-refractivity contribution in [1.82, 2.24) is 20.1 Å². The summed E-state index contributed by atoms with van der Waals surface area (Å²) in [5.74, 6) is -0.244. The van der Waals surface area contributed by atoms with Crippen molar-refractivity contribution in [2.24, 2.45) is 0 Å². The summed E-state index contributed by atoms with van der Waals surface area (Å²) in [4.78, 5) is 17.0. The van der Waals surface area contributed by atoms with Gasteiger partial charge in [-0.1, -0.05) is 29.8 Å². The molecule has 0 spiro atoms. The number of nitrogens with zero attached hydrogens (tertiary/aromatic N) is 3. The number of aromatic nitrogens is 3. The summed E-state index contributed by atoms with van der Waals surface area (Å²) in [7, 11) is 0. The van der Waals surface area contributed by atoms with Crippen LogP contribution < -0.4 is 5.32 Å². The van der Waals surface area contributed by atoms with E-state index >= 15 is 0 Å². The van der Waals surface area contributed by atoms with E-state index in [1.807, 2.05) is 37.3 Å². The van der Waals surface area contributed by atoms with Gasteiger partial charge >= 0.3 is 0 Å². The lowest BCUT2D eigenvalue weighted by Crippen LogP contribution is -2.32. The standard InChI is InChI=1S/C19H19ClN4O2/c1-12-16-17(20)15(19(25)22-10-14-8-5-9-26-14)11-21-18(16)24(23-12)13-6-3-2-4-7-13/h2-4,6-7,11,14H,5,8-10H2,1H3,(H,22,25)/t14-/m1/s1. The van der Waals surface area contributed by atoms with Gasteiger partial charge in [0.15, 0.2) is 5.65 Å². The number of carbonyl (C=O) groups is 1. The predicted molar refractivity (Wildman–Crippen MR) is 99.9 cm³/mol. The molecule has 7 heteroatoms. The molecule has 1 saturated heterocycles. The SMILES string of the molecule is Cc1nn(-c2ccccc2)c2ncc(C(=O)NC[C@H]3CCCO3)c(Cl)c12. The Labute approximate surface area is 156 Å². The fourth-order valence-electron chi connectivity index (χ4n) is 3.22. The van der Waals surface area contributed by atoms with Crippen molar-refractivity contribution in [3.63, 3.8) is 0 Å². The van der Waals surface area contributed by atoms with Gasteiger partial charge < -0.3 is 10.1 Å². The first kappa shape index (κ1) is 17.0. The molecule has 26 heavy (non-hydrogen) atoms. The van der Waals surface area contributed by atoms with E-state index in [0.29, 0.717) is 28.2 Å². The Kier molecular flexibility index (Phi) is 4.61. The zero-order valence-corrected chi connectivity index (χ0v) is 15.2. The first-order chi connectivity index (χ1) is 12.6. The van der Waals surface area contributed by atoms with Crippen LogP contribution in [0.4, 0.5) is 0 Å². The van der Waals surface area contributed by atoms with E-state index in [0.717, 1.165) is 30.8 Å². The molecule has 134 valence electrons. The van der Waals surface area contributed by atoms with Gasteiger partial charge in [-0.15, -0.1) is 0 Å². The second-order valence-corrected chi connectivity index (χ2v) is 6.74. The third-order valence-electron chi connectivity index (χ3n) is 4.57. The first-order valence-corrected chi connectivity index (χ1v) is 9.02. The molecule has 6 nitrogen and oxygen atoms in total. The van der Waals surface area contributed by atoms with Crippen molar-refractivity contribution in [3.05, 3.63) is 52.8 Å². The Morgan fingerprint density at radius 3 is 2.92 bits per heavy atom. The Hall–Kier alpha value is -2.44. The number of ether oxygens (including phenoxy) is 1. The predicted octanol–water partition coefficient (Wildman–Crippen LogP) is 3.29. The number of rotatable bonds is 4. The molecule has 1 aliphatic rings. The highest BCUT2D eigenvalue weighted by Gasteiger charge is 2.21. The molecule has 0 unspecified atom stereocenters. The molecular weight excluding hydrogens is 352 g/mol. The minimum atomic E-state index is -0.244. The summed E-state index contributed by atoms with van der Waals surface area (Å²) in [5, 5.41) is 8.51. The number of hydrogen-bond acceptors (Lipinski definition) is 4. The first-order valence-electron chi connectivity index (χ1n) is 8.64. The lowest BCUT2D eigenvalue weighted by atomic mass is 10.2. The monoisotopic (exact) mass is 370 g/mol. The molecule has 3 aromatic rings. The van der Waals surface area contributed by atoms with Crippen LogP contribution in [0.25, 0.3) is 16.7 Å². The molecule has 1 aliphatic heterocycles. The minimum absolute atomic E-state index is 0.0805. The molecule has 0 saturated carbocycles. The quantitative estimate of drug-likeness (QED) is 0.765. The second kappa shape index (κ2) is 7.05. The van der Waals surface area contributed by atoms with Gasteiger partial charge in [-0.05, 0) is 31.9 Å². The van der Waals surface area contributed by atoms with Crippen LogP contribution >= 0.6 is 11.6 Å². The highest BCUT2D eigenvalue weighted by atomic mass is 35.5. The molecule has 0 aliphatic carbocycles. The lowest BCUT2D eigenvalue weighted by molar-refractivity contribution is 0.0857. The number of pyridine rings is 1. The number of amides is 1. The molecule has 1 atom stereocenters. The van der Waals surface area contributed by atoms with E-state index in [1.54, 1.807) is 4.68 Å².